The third-order valence-corrected chi connectivity index (χ3v) is 4.92. The molecule has 0 spiro atoms. The second-order valence-electron chi connectivity index (χ2n) is 5.79. The fourth-order valence-electron chi connectivity index (χ4n) is 2.18. The van der Waals surface area contributed by atoms with Crippen LogP contribution in [0.15, 0.2) is 53.4 Å². The molecule has 7 nitrogen and oxygen atoms in total. The van der Waals surface area contributed by atoms with Crippen molar-refractivity contribution in [3.05, 3.63) is 48.5 Å². The lowest BCUT2D eigenvalue weighted by Crippen LogP contribution is -2.30. The van der Waals surface area contributed by atoms with Gasteiger partial charge in [-0.15, -0.1) is 0 Å². The van der Waals surface area contributed by atoms with E-state index in [1.165, 1.54) is 25.3 Å². The lowest BCUT2D eigenvalue weighted by atomic mass is 10.3. The average Bonchev–Trinajstić information content (AvgIpc) is 2.59. The fourth-order valence-corrected chi connectivity index (χ4v) is 3.46. The van der Waals surface area contributed by atoms with Gasteiger partial charge < -0.3 is 14.8 Å². The van der Waals surface area contributed by atoms with Crippen molar-refractivity contribution in [2.75, 3.05) is 19.0 Å². The van der Waals surface area contributed by atoms with Gasteiger partial charge in [-0.3, -0.25) is 4.79 Å². The Kier molecular flexibility index (Phi) is 6.59. The van der Waals surface area contributed by atoms with Crippen molar-refractivity contribution in [1.82, 2.24) is 4.72 Å². The Hall–Kier alpha value is -2.58. The summed E-state index contributed by atoms with van der Waals surface area (Å²) >= 11 is 0. The normalized spacial score (nSPS) is 11.2. The molecule has 26 heavy (non-hydrogen) atoms. The van der Waals surface area contributed by atoms with Crippen LogP contribution in [0.2, 0.25) is 0 Å². The number of benzene rings is 2. The SMILES string of the molecule is COc1ccc(S(=O)(=O)NC(C)C)cc1NC(=O)COc1ccccc1. The van der Waals surface area contributed by atoms with Crippen molar-refractivity contribution < 1.29 is 22.7 Å². The number of hydrogen-bond donors (Lipinski definition) is 2. The monoisotopic (exact) mass is 378 g/mol. The van der Waals surface area contributed by atoms with Gasteiger partial charge in [0, 0.05) is 6.04 Å². The van der Waals surface area contributed by atoms with Gasteiger partial charge in [0.1, 0.15) is 11.5 Å². The predicted molar refractivity (Wildman–Crippen MR) is 99.0 cm³/mol. The van der Waals surface area contributed by atoms with E-state index in [9.17, 15) is 13.2 Å². The van der Waals surface area contributed by atoms with Crippen molar-refractivity contribution in [2.45, 2.75) is 24.8 Å². The largest absolute Gasteiger partial charge is 0.495 e. The van der Waals surface area contributed by atoms with Gasteiger partial charge in [0.15, 0.2) is 6.61 Å². The van der Waals surface area contributed by atoms with E-state index < -0.39 is 15.9 Å². The van der Waals surface area contributed by atoms with E-state index in [0.29, 0.717) is 11.5 Å². The highest BCUT2D eigenvalue weighted by molar-refractivity contribution is 7.89. The van der Waals surface area contributed by atoms with E-state index in [-0.39, 0.29) is 23.2 Å². The summed E-state index contributed by atoms with van der Waals surface area (Å²) < 4.78 is 37.7. The number of anilines is 1. The molecule has 0 fully saturated rings. The second-order valence-corrected chi connectivity index (χ2v) is 7.50. The van der Waals surface area contributed by atoms with Crippen LogP contribution in [0.4, 0.5) is 5.69 Å². The molecule has 0 unspecified atom stereocenters. The summed E-state index contributed by atoms with van der Waals surface area (Å²) in [7, 11) is -2.25. The summed E-state index contributed by atoms with van der Waals surface area (Å²) in [5.41, 5.74) is 0.251. The van der Waals surface area contributed by atoms with Crippen molar-refractivity contribution in [2.24, 2.45) is 0 Å². The highest BCUT2D eigenvalue weighted by Crippen LogP contribution is 2.27. The maximum atomic E-state index is 12.3. The van der Waals surface area contributed by atoms with Crippen LogP contribution in [0.1, 0.15) is 13.8 Å². The first-order valence-electron chi connectivity index (χ1n) is 8.00. The number of carbonyl (C=O) groups is 1. The van der Waals surface area contributed by atoms with Crippen molar-refractivity contribution in [1.29, 1.82) is 0 Å². The molecule has 0 aliphatic carbocycles. The van der Waals surface area contributed by atoms with Gasteiger partial charge in [-0.25, -0.2) is 13.1 Å². The molecule has 0 radical (unpaired) electrons. The molecule has 0 aliphatic heterocycles. The van der Waals surface area contributed by atoms with Gasteiger partial charge in [0.25, 0.3) is 5.91 Å². The third kappa shape index (κ3) is 5.47. The van der Waals surface area contributed by atoms with Crippen LogP contribution in [0.25, 0.3) is 0 Å². The number of sulfonamides is 1. The fraction of sp³-hybridized carbons (Fsp3) is 0.278. The molecule has 2 aromatic carbocycles. The number of nitrogens with one attached hydrogen (secondary N) is 2. The average molecular weight is 378 g/mol. The molecule has 140 valence electrons. The molecule has 0 saturated heterocycles. The number of hydrogen-bond acceptors (Lipinski definition) is 5. The van der Waals surface area contributed by atoms with E-state index in [1.54, 1.807) is 38.1 Å². The predicted octanol–water partition coefficient (Wildman–Crippen LogP) is 2.40. The zero-order chi connectivity index (χ0) is 19.2. The smallest absolute Gasteiger partial charge is 0.262 e. The topological polar surface area (TPSA) is 93.7 Å². The molecule has 2 aromatic rings. The Balaban J connectivity index is 2.14. The number of methoxy groups -OCH3 is 1. The van der Waals surface area contributed by atoms with Crippen LogP contribution in [-0.2, 0) is 14.8 Å². The molecule has 0 aliphatic rings. The van der Waals surface area contributed by atoms with E-state index in [2.05, 4.69) is 10.0 Å². The van der Waals surface area contributed by atoms with E-state index in [4.69, 9.17) is 9.47 Å². The molecule has 0 atom stereocenters. The van der Waals surface area contributed by atoms with Crippen LogP contribution < -0.4 is 19.5 Å². The number of ether oxygens (including phenoxy) is 2. The maximum absolute atomic E-state index is 12.3. The summed E-state index contributed by atoms with van der Waals surface area (Å²) in [6, 6.07) is 12.9. The van der Waals surface area contributed by atoms with Gasteiger partial charge in [-0.2, -0.15) is 0 Å². The van der Waals surface area contributed by atoms with Crippen LogP contribution in [-0.4, -0.2) is 34.1 Å². The number of amides is 1. The minimum Gasteiger partial charge on any atom is -0.495 e. The molecule has 0 heterocycles. The second kappa shape index (κ2) is 8.68. The first kappa shape index (κ1) is 19.7. The molecule has 0 aromatic heterocycles. The lowest BCUT2D eigenvalue weighted by Gasteiger charge is -2.14. The van der Waals surface area contributed by atoms with E-state index in [0.717, 1.165) is 0 Å². The highest BCUT2D eigenvalue weighted by atomic mass is 32.2. The van der Waals surface area contributed by atoms with E-state index in [1.807, 2.05) is 6.07 Å². The quantitative estimate of drug-likeness (QED) is 0.736. The molecule has 8 heteroatoms. The summed E-state index contributed by atoms with van der Waals surface area (Å²) in [5.74, 6) is 0.479. The minimum atomic E-state index is -3.69. The summed E-state index contributed by atoms with van der Waals surface area (Å²) in [5, 5.41) is 2.62. The Morgan fingerprint density at radius 3 is 2.42 bits per heavy atom. The third-order valence-electron chi connectivity index (χ3n) is 3.26. The standard InChI is InChI=1S/C18H22N2O5S/c1-13(2)20-26(22,23)15-9-10-17(24-3)16(11-15)19-18(21)12-25-14-7-5-4-6-8-14/h4-11,13,20H,12H2,1-3H3,(H,19,21). The summed E-state index contributed by atoms with van der Waals surface area (Å²) in [6.45, 7) is 3.24. The Morgan fingerprint density at radius 1 is 1.12 bits per heavy atom. The molecule has 0 bridgehead atoms. The van der Waals surface area contributed by atoms with Crippen molar-refractivity contribution in [3.63, 3.8) is 0 Å². The number of carbonyl (C=O) groups excluding carboxylic acids is 1. The maximum Gasteiger partial charge on any atom is 0.262 e. The number of rotatable bonds is 8. The van der Waals surface area contributed by atoms with Gasteiger partial charge in [0.2, 0.25) is 10.0 Å². The molecular weight excluding hydrogens is 356 g/mol. The summed E-state index contributed by atoms with van der Waals surface area (Å²) in [6.07, 6.45) is 0. The Bertz CT molecular complexity index is 851. The summed E-state index contributed by atoms with van der Waals surface area (Å²) in [4.78, 5) is 12.2. The molecule has 0 saturated carbocycles. The molecule has 2 N–H and O–H groups in total. The minimum absolute atomic E-state index is 0.0336. The first-order chi connectivity index (χ1) is 12.3. The molecule has 1 amide bonds. The van der Waals surface area contributed by atoms with Crippen LogP contribution in [0, 0.1) is 0 Å². The molecular formula is C18H22N2O5S. The van der Waals surface area contributed by atoms with Crippen LogP contribution >= 0.6 is 0 Å². The van der Waals surface area contributed by atoms with Gasteiger partial charge in [-0.1, -0.05) is 18.2 Å². The first-order valence-corrected chi connectivity index (χ1v) is 9.48. The van der Waals surface area contributed by atoms with Gasteiger partial charge in [-0.05, 0) is 44.2 Å². The van der Waals surface area contributed by atoms with Crippen LogP contribution in [0.3, 0.4) is 0 Å². The molecule has 2 rings (SSSR count). The number of para-hydroxylation sites is 1. The zero-order valence-electron chi connectivity index (χ0n) is 14.9. The van der Waals surface area contributed by atoms with Gasteiger partial charge in [0.05, 0.1) is 17.7 Å². The zero-order valence-corrected chi connectivity index (χ0v) is 15.7. The lowest BCUT2D eigenvalue weighted by molar-refractivity contribution is -0.118. The van der Waals surface area contributed by atoms with E-state index >= 15 is 0 Å². The van der Waals surface area contributed by atoms with Crippen LogP contribution in [0.5, 0.6) is 11.5 Å². The van der Waals surface area contributed by atoms with Gasteiger partial charge >= 0.3 is 0 Å². The van der Waals surface area contributed by atoms with Crippen molar-refractivity contribution in [3.8, 4) is 11.5 Å². The Morgan fingerprint density at radius 2 is 1.81 bits per heavy atom. The highest BCUT2D eigenvalue weighted by Gasteiger charge is 2.18. The van der Waals surface area contributed by atoms with Crippen molar-refractivity contribution >= 4 is 21.6 Å². The Labute approximate surface area is 153 Å².